The van der Waals surface area contributed by atoms with Gasteiger partial charge in [-0.1, -0.05) is 12.5 Å². The number of nitrogens with zero attached hydrogens (tertiary/aromatic N) is 1. The number of halogens is 1. The first-order chi connectivity index (χ1) is 8.63. The van der Waals surface area contributed by atoms with Gasteiger partial charge in [0.1, 0.15) is 17.4 Å². The lowest BCUT2D eigenvalue weighted by Gasteiger charge is -2.19. The number of nitrogens with one attached hydrogen (secondary N) is 1. The van der Waals surface area contributed by atoms with Crippen LogP contribution in [0.25, 0.3) is 0 Å². The zero-order valence-corrected chi connectivity index (χ0v) is 9.69. The lowest BCUT2D eigenvalue weighted by atomic mass is 10.0. The average molecular weight is 248 g/mol. The highest BCUT2D eigenvalue weighted by atomic mass is 19.1. The number of carboxylic acid groups (broad SMARTS) is 1. The van der Waals surface area contributed by atoms with E-state index in [-0.39, 0.29) is 11.6 Å². The Hall–Kier alpha value is -2.09. The second-order valence-electron chi connectivity index (χ2n) is 4.40. The molecule has 0 heterocycles. The molecule has 4 nitrogen and oxygen atoms in total. The molecule has 0 aromatic heterocycles. The van der Waals surface area contributed by atoms with Gasteiger partial charge >= 0.3 is 5.97 Å². The predicted molar refractivity (Wildman–Crippen MR) is 63.5 cm³/mol. The van der Waals surface area contributed by atoms with Crippen LogP contribution in [0.3, 0.4) is 0 Å². The van der Waals surface area contributed by atoms with Crippen LogP contribution in [0, 0.1) is 23.1 Å². The Labute approximate surface area is 104 Å². The van der Waals surface area contributed by atoms with Gasteiger partial charge in [0, 0.05) is 6.04 Å². The van der Waals surface area contributed by atoms with Crippen molar-refractivity contribution in [2.75, 3.05) is 5.32 Å². The third-order valence-electron chi connectivity index (χ3n) is 3.30. The van der Waals surface area contributed by atoms with Gasteiger partial charge in [-0.25, -0.2) is 4.39 Å². The molecule has 5 heteroatoms. The predicted octanol–water partition coefficient (Wildman–Crippen LogP) is 2.36. The number of anilines is 1. The normalized spacial score (nSPS) is 22.4. The number of hydrogen-bond acceptors (Lipinski definition) is 3. The zero-order chi connectivity index (χ0) is 13.1. The molecule has 1 aliphatic rings. The van der Waals surface area contributed by atoms with Crippen LogP contribution in [0.1, 0.15) is 24.8 Å². The number of nitriles is 1. The molecule has 2 unspecified atom stereocenters. The van der Waals surface area contributed by atoms with Crippen molar-refractivity contribution in [3.8, 4) is 6.07 Å². The second-order valence-corrected chi connectivity index (χ2v) is 4.40. The minimum Gasteiger partial charge on any atom is -0.481 e. The van der Waals surface area contributed by atoms with Crippen LogP contribution in [-0.2, 0) is 4.79 Å². The fourth-order valence-electron chi connectivity index (χ4n) is 2.39. The van der Waals surface area contributed by atoms with E-state index in [9.17, 15) is 9.18 Å². The van der Waals surface area contributed by atoms with Crippen molar-refractivity contribution in [1.82, 2.24) is 0 Å². The van der Waals surface area contributed by atoms with E-state index in [1.165, 1.54) is 12.1 Å². The molecule has 0 aliphatic heterocycles. The van der Waals surface area contributed by atoms with E-state index in [0.717, 1.165) is 12.8 Å². The number of aliphatic carboxylic acids is 1. The minimum atomic E-state index is -0.847. The molecule has 1 aliphatic carbocycles. The molecule has 1 aromatic carbocycles. The molecule has 0 bridgehead atoms. The number of hydrogen-bond donors (Lipinski definition) is 2. The fourth-order valence-corrected chi connectivity index (χ4v) is 2.39. The Morgan fingerprint density at radius 1 is 1.50 bits per heavy atom. The number of carboxylic acids is 1. The Kier molecular flexibility index (Phi) is 3.47. The Morgan fingerprint density at radius 2 is 2.28 bits per heavy atom. The van der Waals surface area contributed by atoms with Crippen molar-refractivity contribution >= 4 is 11.7 Å². The summed E-state index contributed by atoms with van der Waals surface area (Å²) in [4.78, 5) is 11.0. The molecular formula is C13H13FN2O2. The quantitative estimate of drug-likeness (QED) is 0.861. The van der Waals surface area contributed by atoms with Gasteiger partial charge in [0.25, 0.3) is 0 Å². The maximum Gasteiger partial charge on any atom is 0.308 e. The van der Waals surface area contributed by atoms with E-state index in [1.807, 2.05) is 0 Å². The summed E-state index contributed by atoms with van der Waals surface area (Å²) in [7, 11) is 0. The van der Waals surface area contributed by atoms with Gasteiger partial charge < -0.3 is 10.4 Å². The van der Waals surface area contributed by atoms with Crippen LogP contribution in [0.15, 0.2) is 18.2 Å². The van der Waals surface area contributed by atoms with Crippen LogP contribution in [0.5, 0.6) is 0 Å². The highest BCUT2D eigenvalue weighted by Gasteiger charge is 2.33. The van der Waals surface area contributed by atoms with E-state index in [0.29, 0.717) is 12.1 Å². The molecule has 1 aromatic rings. The molecule has 0 saturated heterocycles. The third kappa shape index (κ3) is 2.28. The topological polar surface area (TPSA) is 73.1 Å². The summed E-state index contributed by atoms with van der Waals surface area (Å²) in [6, 6.07) is 5.87. The molecule has 2 rings (SSSR count). The Bertz CT molecular complexity index is 510. The van der Waals surface area contributed by atoms with Gasteiger partial charge in [0.2, 0.25) is 0 Å². The molecule has 2 N–H and O–H groups in total. The van der Waals surface area contributed by atoms with E-state index in [4.69, 9.17) is 10.4 Å². The maximum absolute atomic E-state index is 13.4. The Balaban J connectivity index is 2.22. The lowest BCUT2D eigenvalue weighted by molar-refractivity contribution is -0.141. The van der Waals surface area contributed by atoms with Crippen molar-refractivity contribution in [3.05, 3.63) is 29.6 Å². The first-order valence-corrected chi connectivity index (χ1v) is 5.81. The van der Waals surface area contributed by atoms with Gasteiger partial charge in [0.05, 0.1) is 11.6 Å². The van der Waals surface area contributed by atoms with E-state index >= 15 is 0 Å². The van der Waals surface area contributed by atoms with Crippen molar-refractivity contribution in [1.29, 1.82) is 5.26 Å². The fraction of sp³-hybridized carbons (Fsp3) is 0.385. The largest absolute Gasteiger partial charge is 0.481 e. The van der Waals surface area contributed by atoms with Gasteiger partial charge in [-0.05, 0) is 25.0 Å². The van der Waals surface area contributed by atoms with Crippen molar-refractivity contribution in [2.45, 2.75) is 25.3 Å². The van der Waals surface area contributed by atoms with Gasteiger partial charge in [0.15, 0.2) is 0 Å². The molecule has 94 valence electrons. The number of carbonyl (C=O) groups is 1. The zero-order valence-electron chi connectivity index (χ0n) is 9.69. The number of rotatable bonds is 3. The van der Waals surface area contributed by atoms with Crippen LogP contribution < -0.4 is 5.32 Å². The summed E-state index contributed by atoms with van der Waals surface area (Å²) in [6.07, 6.45) is 2.16. The van der Waals surface area contributed by atoms with Crippen LogP contribution in [0.4, 0.5) is 10.1 Å². The Morgan fingerprint density at radius 3 is 2.94 bits per heavy atom. The summed E-state index contributed by atoms with van der Waals surface area (Å²) in [6.45, 7) is 0. The van der Waals surface area contributed by atoms with Crippen molar-refractivity contribution in [2.24, 2.45) is 5.92 Å². The molecule has 1 saturated carbocycles. The van der Waals surface area contributed by atoms with E-state index < -0.39 is 17.7 Å². The third-order valence-corrected chi connectivity index (χ3v) is 3.30. The standard InChI is InChI=1S/C13H13FN2O2/c14-10-4-2-6-12(9(10)7-15)16-11-5-1-3-8(11)13(17)18/h2,4,6,8,11,16H,1,3,5H2,(H,17,18). The maximum atomic E-state index is 13.4. The van der Waals surface area contributed by atoms with Crippen molar-refractivity contribution in [3.63, 3.8) is 0 Å². The molecule has 0 radical (unpaired) electrons. The first-order valence-electron chi connectivity index (χ1n) is 5.81. The smallest absolute Gasteiger partial charge is 0.308 e. The molecule has 0 amide bonds. The SMILES string of the molecule is N#Cc1c(F)cccc1NC1CCCC1C(=O)O. The van der Waals surface area contributed by atoms with Crippen LogP contribution in [0.2, 0.25) is 0 Å². The average Bonchev–Trinajstić information content (AvgIpc) is 2.77. The summed E-state index contributed by atoms with van der Waals surface area (Å²) < 4.78 is 13.4. The molecule has 0 spiro atoms. The molecule has 2 atom stereocenters. The van der Waals surface area contributed by atoms with Crippen LogP contribution >= 0.6 is 0 Å². The highest BCUT2D eigenvalue weighted by molar-refractivity contribution is 5.72. The first kappa shape index (κ1) is 12.4. The molecular weight excluding hydrogens is 235 g/mol. The van der Waals surface area contributed by atoms with Gasteiger partial charge in [-0.15, -0.1) is 0 Å². The van der Waals surface area contributed by atoms with E-state index in [1.54, 1.807) is 12.1 Å². The molecule has 1 fully saturated rings. The van der Waals surface area contributed by atoms with Gasteiger partial charge in [-0.2, -0.15) is 5.26 Å². The molecule has 18 heavy (non-hydrogen) atoms. The second kappa shape index (κ2) is 5.05. The monoisotopic (exact) mass is 248 g/mol. The number of benzene rings is 1. The summed E-state index contributed by atoms with van der Waals surface area (Å²) in [5, 5.41) is 21.0. The summed E-state index contributed by atoms with van der Waals surface area (Å²) in [5.74, 6) is -1.91. The summed E-state index contributed by atoms with van der Waals surface area (Å²) in [5.41, 5.74) is 0.309. The summed E-state index contributed by atoms with van der Waals surface area (Å²) >= 11 is 0. The van der Waals surface area contributed by atoms with Crippen LogP contribution in [-0.4, -0.2) is 17.1 Å². The lowest BCUT2D eigenvalue weighted by Crippen LogP contribution is -2.30. The van der Waals surface area contributed by atoms with Gasteiger partial charge in [-0.3, -0.25) is 4.79 Å². The highest BCUT2D eigenvalue weighted by Crippen LogP contribution is 2.30. The van der Waals surface area contributed by atoms with E-state index in [2.05, 4.69) is 5.32 Å². The van der Waals surface area contributed by atoms with Crippen molar-refractivity contribution < 1.29 is 14.3 Å². The minimum absolute atomic E-state index is 0.0615.